The van der Waals surface area contributed by atoms with Crippen LogP contribution >= 0.6 is 0 Å². The molecule has 5 nitrogen and oxygen atoms in total. The molecule has 0 bridgehead atoms. The van der Waals surface area contributed by atoms with Crippen molar-refractivity contribution >= 4 is 15.7 Å². The fourth-order valence-corrected chi connectivity index (χ4v) is 4.69. The van der Waals surface area contributed by atoms with Crippen molar-refractivity contribution in [1.29, 1.82) is 0 Å². The van der Waals surface area contributed by atoms with Crippen molar-refractivity contribution in [1.82, 2.24) is 4.31 Å². The maximum atomic E-state index is 12.9. The van der Waals surface area contributed by atoms with Crippen LogP contribution in [-0.2, 0) is 21.3 Å². The van der Waals surface area contributed by atoms with Crippen LogP contribution in [0.3, 0.4) is 0 Å². The summed E-state index contributed by atoms with van der Waals surface area (Å²) >= 11 is 0. The molecule has 1 aromatic carbocycles. The summed E-state index contributed by atoms with van der Waals surface area (Å²) < 4.78 is 32.6. The summed E-state index contributed by atoms with van der Waals surface area (Å²) in [6, 6.07) is 7.31. The van der Waals surface area contributed by atoms with Gasteiger partial charge in [-0.2, -0.15) is 4.31 Å². The van der Waals surface area contributed by atoms with Crippen molar-refractivity contribution in [3.8, 4) is 0 Å². The summed E-state index contributed by atoms with van der Waals surface area (Å²) in [6.45, 7) is 5.22. The van der Waals surface area contributed by atoms with Gasteiger partial charge < -0.3 is 10.5 Å². The fraction of sp³-hybridized carbons (Fsp3) is 0.600. The number of nitrogens with zero attached hydrogens (tertiary/aromatic N) is 1. The van der Waals surface area contributed by atoms with Crippen LogP contribution in [0.1, 0.15) is 32.3 Å². The first kappa shape index (κ1) is 16.3. The molecular formula is C15H24N2O3S. The number of hydrogen-bond acceptors (Lipinski definition) is 4. The van der Waals surface area contributed by atoms with Gasteiger partial charge in [0.05, 0.1) is 5.25 Å². The van der Waals surface area contributed by atoms with E-state index < -0.39 is 10.0 Å². The van der Waals surface area contributed by atoms with Gasteiger partial charge in [0.25, 0.3) is 0 Å². The molecule has 1 aliphatic heterocycles. The van der Waals surface area contributed by atoms with Gasteiger partial charge in [0.2, 0.25) is 10.0 Å². The molecule has 0 spiro atoms. The second kappa shape index (κ2) is 6.77. The number of rotatable bonds is 5. The largest absolute Gasteiger partial charge is 0.399 e. The second-order valence-corrected chi connectivity index (χ2v) is 7.91. The van der Waals surface area contributed by atoms with Crippen LogP contribution in [0.15, 0.2) is 24.3 Å². The fourth-order valence-electron chi connectivity index (χ4n) is 2.60. The zero-order valence-electron chi connectivity index (χ0n) is 12.7. The zero-order chi connectivity index (χ0) is 15.5. The molecule has 1 fully saturated rings. The maximum Gasteiger partial charge on any atom is 0.217 e. The van der Waals surface area contributed by atoms with Crippen molar-refractivity contribution in [2.24, 2.45) is 0 Å². The van der Waals surface area contributed by atoms with Crippen LogP contribution < -0.4 is 5.73 Å². The van der Waals surface area contributed by atoms with Gasteiger partial charge >= 0.3 is 0 Å². The van der Waals surface area contributed by atoms with E-state index in [2.05, 4.69) is 0 Å². The number of hydrogen-bond donors (Lipinski definition) is 1. The molecule has 2 rings (SSSR count). The molecule has 1 aliphatic rings. The van der Waals surface area contributed by atoms with Gasteiger partial charge in [0.1, 0.15) is 0 Å². The molecule has 0 amide bonds. The standard InChI is InChI=1S/C15H24N2O3S/c1-12(2)17(11-13-4-3-5-14(16)10-13)21(18,19)15-6-8-20-9-7-15/h3-5,10,12,15H,6-9,11,16H2,1-2H3. The first-order chi connectivity index (χ1) is 9.91. The SMILES string of the molecule is CC(C)N(Cc1cccc(N)c1)S(=O)(=O)C1CCOCC1. The normalized spacial score (nSPS) is 17.5. The third kappa shape index (κ3) is 3.96. The number of anilines is 1. The summed E-state index contributed by atoms with van der Waals surface area (Å²) in [5.74, 6) is 0. The highest BCUT2D eigenvalue weighted by Crippen LogP contribution is 2.24. The highest BCUT2D eigenvalue weighted by molar-refractivity contribution is 7.89. The minimum absolute atomic E-state index is 0.0840. The Hall–Kier alpha value is -1.11. The molecule has 0 saturated carbocycles. The average Bonchev–Trinajstić information content (AvgIpc) is 2.45. The summed E-state index contributed by atoms with van der Waals surface area (Å²) in [5.41, 5.74) is 7.35. The molecule has 6 heteroatoms. The summed E-state index contributed by atoms with van der Waals surface area (Å²) in [4.78, 5) is 0. The number of benzene rings is 1. The van der Waals surface area contributed by atoms with Gasteiger partial charge in [-0.3, -0.25) is 0 Å². The second-order valence-electron chi connectivity index (χ2n) is 5.74. The van der Waals surface area contributed by atoms with E-state index >= 15 is 0 Å². The lowest BCUT2D eigenvalue weighted by Crippen LogP contribution is -2.44. The Labute approximate surface area is 127 Å². The van der Waals surface area contributed by atoms with Crippen molar-refractivity contribution in [2.45, 2.75) is 44.5 Å². The Kier molecular flexibility index (Phi) is 5.24. The molecule has 118 valence electrons. The molecule has 2 N–H and O–H groups in total. The van der Waals surface area contributed by atoms with Gasteiger partial charge in [-0.05, 0) is 44.4 Å². The van der Waals surface area contributed by atoms with E-state index in [1.54, 1.807) is 10.4 Å². The lowest BCUT2D eigenvalue weighted by atomic mass is 10.2. The predicted molar refractivity (Wildman–Crippen MR) is 84.3 cm³/mol. The molecule has 21 heavy (non-hydrogen) atoms. The van der Waals surface area contributed by atoms with E-state index in [0.717, 1.165) is 5.56 Å². The van der Waals surface area contributed by atoms with E-state index in [4.69, 9.17) is 10.5 Å². The Morgan fingerprint density at radius 3 is 2.57 bits per heavy atom. The molecule has 1 saturated heterocycles. The quantitative estimate of drug-likeness (QED) is 0.844. The van der Waals surface area contributed by atoms with Gasteiger partial charge in [-0.25, -0.2) is 8.42 Å². The zero-order valence-corrected chi connectivity index (χ0v) is 13.5. The Morgan fingerprint density at radius 2 is 2.00 bits per heavy atom. The van der Waals surface area contributed by atoms with Crippen LogP contribution in [0.25, 0.3) is 0 Å². The van der Waals surface area contributed by atoms with Gasteiger partial charge in [-0.1, -0.05) is 12.1 Å². The van der Waals surface area contributed by atoms with E-state index in [1.165, 1.54) is 0 Å². The average molecular weight is 312 g/mol. The van der Waals surface area contributed by atoms with Crippen molar-refractivity contribution < 1.29 is 13.2 Å². The third-order valence-corrected chi connectivity index (χ3v) is 6.30. The third-order valence-electron chi connectivity index (χ3n) is 3.78. The van der Waals surface area contributed by atoms with Crippen LogP contribution in [0.2, 0.25) is 0 Å². The molecule has 0 aromatic heterocycles. The molecular weight excluding hydrogens is 288 g/mol. The van der Waals surface area contributed by atoms with Crippen molar-refractivity contribution in [3.05, 3.63) is 29.8 Å². The Bertz CT molecular complexity index is 566. The van der Waals surface area contributed by atoms with Crippen LogP contribution in [0.4, 0.5) is 5.69 Å². The minimum atomic E-state index is -3.32. The topological polar surface area (TPSA) is 72.6 Å². The molecule has 0 atom stereocenters. The molecule has 0 radical (unpaired) electrons. The predicted octanol–water partition coefficient (Wildman–Crippen LogP) is 1.99. The van der Waals surface area contributed by atoms with E-state index in [1.807, 2.05) is 32.0 Å². The van der Waals surface area contributed by atoms with Crippen molar-refractivity contribution in [2.75, 3.05) is 18.9 Å². The lowest BCUT2D eigenvalue weighted by molar-refractivity contribution is 0.0968. The number of sulfonamides is 1. The first-order valence-corrected chi connectivity index (χ1v) is 8.84. The summed E-state index contributed by atoms with van der Waals surface area (Å²) in [5, 5.41) is -0.338. The highest BCUT2D eigenvalue weighted by atomic mass is 32.2. The number of nitrogens with two attached hydrogens (primary N) is 1. The molecule has 1 heterocycles. The van der Waals surface area contributed by atoms with E-state index in [9.17, 15) is 8.42 Å². The van der Waals surface area contributed by atoms with E-state index in [0.29, 0.717) is 38.3 Å². The minimum Gasteiger partial charge on any atom is -0.399 e. The van der Waals surface area contributed by atoms with Crippen molar-refractivity contribution in [3.63, 3.8) is 0 Å². The molecule has 1 aromatic rings. The summed E-state index contributed by atoms with van der Waals surface area (Å²) in [6.07, 6.45) is 1.14. The van der Waals surface area contributed by atoms with Gasteiger partial charge in [0, 0.05) is 31.5 Å². The lowest BCUT2D eigenvalue weighted by Gasteiger charge is -2.32. The maximum absolute atomic E-state index is 12.9. The Morgan fingerprint density at radius 1 is 1.33 bits per heavy atom. The number of ether oxygens (including phenoxy) is 1. The van der Waals surface area contributed by atoms with Crippen LogP contribution in [0.5, 0.6) is 0 Å². The Balaban J connectivity index is 2.21. The van der Waals surface area contributed by atoms with E-state index in [-0.39, 0.29) is 11.3 Å². The summed E-state index contributed by atoms with van der Waals surface area (Å²) in [7, 11) is -3.32. The van der Waals surface area contributed by atoms with Crippen LogP contribution in [-0.4, -0.2) is 37.2 Å². The molecule has 0 unspecified atom stereocenters. The van der Waals surface area contributed by atoms with Gasteiger partial charge in [0.15, 0.2) is 0 Å². The smallest absolute Gasteiger partial charge is 0.217 e. The first-order valence-electron chi connectivity index (χ1n) is 7.34. The molecule has 0 aliphatic carbocycles. The van der Waals surface area contributed by atoms with Crippen LogP contribution in [0, 0.1) is 0 Å². The monoisotopic (exact) mass is 312 g/mol. The number of nitrogen functional groups attached to an aromatic ring is 1. The van der Waals surface area contributed by atoms with Gasteiger partial charge in [-0.15, -0.1) is 0 Å². The highest BCUT2D eigenvalue weighted by Gasteiger charge is 2.34.